The van der Waals surface area contributed by atoms with E-state index in [4.69, 9.17) is 29.9 Å². The highest BCUT2D eigenvalue weighted by molar-refractivity contribution is 7.90. The van der Waals surface area contributed by atoms with Crippen LogP contribution >= 0.6 is 0 Å². The SMILES string of the molecule is CN(C)CCCNS(=O)(=O)c1ccc2c(c1)-c1nc3nc(nc4[nH]c(nc5[nH]c(nc-2n1)c1cc(S(=O)(=O)NCCCN(C)C)ccc51)c1ccccc41)-c1cc(S(=O)(=O)NCCCN(C)C)ccc1-3. The van der Waals surface area contributed by atoms with E-state index >= 15 is 0 Å². The van der Waals surface area contributed by atoms with Crippen molar-refractivity contribution in [3.63, 3.8) is 0 Å². The van der Waals surface area contributed by atoms with Crippen LogP contribution in [-0.4, -0.2) is 161 Å². The van der Waals surface area contributed by atoms with E-state index in [0.717, 1.165) is 0 Å². The fraction of sp³-hybridized carbons (Fsp3) is 0.319. The summed E-state index contributed by atoms with van der Waals surface area (Å²) in [4.78, 5) is 42.5. The molecular formula is C47H54N14O6S3. The van der Waals surface area contributed by atoms with Gasteiger partial charge in [0.1, 0.15) is 22.6 Å². The van der Waals surface area contributed by atoms with Gasteiger partial charge in [0.25, 0.3) is 0 Å². The molecule has 2 aliphatic heterocycles. The predicted molar refractivity (Wildman–Crippen MR) is 271 cm³/mol. The summed E-state index contributed by atoms with van der Waals surface area (Å²) < 4.78 is 90.5. The van der Waals surface area contributed by atoms with Gasteiger partial charge in [0.2, 0.25) is 30.1 Å². The zero-order valence-electron chi connectivity index (χ0n) is 39.6. The molecule has 2 aliphatic rings. The number of aromatic amines is 2. The Bertz CT molecular complexity index is 3690. The molecule has 5 heterocycles. The Morgan fingerprint density at radius 2 is 0.743 bits per heavy atom. The lowest BCUT2D eigenvalue weighted by Crippen LogP contribution is -2.27. The van der Waals surface area contributed by atoms with Crippen LogP contribution in [0.4, 0.5) is 0 Å². The Morgan fingerprint density at radius 1 is 0.400 bits per heavy atom. The lowest BCUT2D eigenvalue weighted by molar-refractivity contribution is 0.400. The number of nitrogens with zero attached hydrogens (tertiary/aromatic N) is 9. The maximum atomic E-state index is 13.8. The fourth-order valence-electron chi connectivity index (χ4n) is 8.24. The van der Waals surface area contributed by atoms with Gasteiger partial charge in [-0.25, -0.2) is 69.3 Å². The Kier molecular flexibility index (Phi) is 13.7. The first-order valence-corrected chi connectivity index (χ1v) is 27.1. The predicted octanol–water partition coefficient (Wildman–Crippen LogP) is 4.56. The first-order chi connectivity index (χ1) is 33.4. The van der Waals surface area contributed by atoms with Crippen molar-refractivity contribution in [1.29, 1.82) is 0 Å². The van der Waals surface area contributed by atoms with Crippen molar-refractivity contribution in [3.05, 3.63) is 78.9 Å². The molecule has 0 unspecified atom stereocenters. The molecule has 9 rings (SSSR count). The van der Waals surface area contributed by atoms with Crippen molar-refractivity contribution in [2.24, 2.45) is 0 Å². The Balaban J connectivity index is 1.29. The van der Waals surface area contributed by atoms with Crippen LogP contribution in [0.1, 0.15) is 19.3 Å². The lowest BCUT2D eigenvalue weighted by atomic mass is 10.1. The normalized spacial score (nSPS) is 13.0. The van der Waals surface area contributed by atoms with Gasteiger partial charge in [0, 0.05) is 63.4 Å². The Labute approximate surface area is 406 Å². The molecule has 0 fully saturated rings. The van der Waals surface area contributed by atoms with Gasteiger partial charge in [-0.3, -0.25) is 0 Å². The number of nitrogens with one attached hydrogen (secondary N) is 5. The van der Waals surface area contributed by atoms with Crippen LogP contribution in [-0.2, 0) is 30.1 Å². The Morgan fingerprint density at radius 3 is 1.19 bits per heavy atom. The molecule has 3 aromatic heterocycles. The van der Waals surface area contributed by atoms with Gasteiger partial charge in [0.15, 0.2) is 23.3 Å². The summed E-state index contributed by atoms with van der Waals surface area (Å²) in [6.45, 7) is 2.76. The lowest BCUT2D eigenvalue weighted by Gasteiger charge is -2.11. The van der Waals surface area contributed by atoms with Crippen LogP contribution in [0.5, 0.6) is 0 Å². The van der Waals surface area contributed by atoms with Gasteiger partial charge >= 0.3 is 0 Å². The zero-order valence-corrected chi connectivity index (χ0v) is 42.0. The topological polar surface area (TPSA) is 257 Å². The number of sulfonamides is 3. The summed E-state index contributed by atoms with van der Waals surface area (Å²) in [6.07, 6.45) is 1.79. The highest BCUT2D eigenvalue weighted by Gasteiger charge is 2.28. The molecule has 4 aromatic carbocycles. The summed E-state index contributed by atoms with van der Waals surface area (Å²) in [5, 5.41) is 2.39. The number of hydrogen-bond acceptors (Lipinski definition) is 15. The number of fused-ring (bicyclic) bond motifs is 20. The van der Waals surface area contributed by atoms with Crippen LogP contribution in [0, 0.1) is 0 Å². The molecule has 0 saturated heterocycles. The van der Waals surface area contributed by atoms with Crippen LogP contribution in [0.2, 0.25) is 0 Å². The van der Waals surface area contributed by atoms with E-state index in [9.17, 15) is 25.3 Å². The van der Waals surface area contributed by atoms with E-state index in [-0.39, 0.29) is 63.3 Å². The van der Waals surface area contributed by atoms with E-state index in [1.807, 2.05) is 81.3 Å². The smallest absolute Gasteiger partial charge is 0.240 e. The van der Waals surface area contributed by atoms with Crippen molar-refractivity contribution < 1.29 is 25.3 Å². The van der Waals surface area contributed by atoms with Gasteiger partial charge in [-0.1, -0.05) is 24.3 Å². The van der Waals surface area contributed by atoms with Crippen molar-refractivity contribution in [1.82, 2.24) is 68.7 Å². The molecule has 8 bridgehead atoms. The van der Waals surface area contributed by atoms with Gasteiger partial charge < -0.3 is 24.7 Å². The van der Waals surface area contributed by atoms with Crippen LogP contribution < -0.4 is 14.2 Å². The third-order valence-corrected chi connectivity index (χ3v) is 16.2. The number of aromatic nitrogens is 8. The highest BCUT2D eigenvalue weighted by atomic mass is 32.2. The first kappa shape index (κ1) is 48.9. The minimum Gasteiger partial charge on any atom is -0.324 e. The molecular weight excluding hydrogens is 953 g/mol. The summed E-state index contributed by atoms with van der Waals surface area (Å²) in [7, 11) is -0.404. The van der Waals surface area contributed by atoms with Crippen LogP contribution in [0.25, 0.3) is 89.7 Å². The maximum Gasteiger partial charge on any atom is 0.240 e. The molecule has 70 heavy (non-hydrogen) atoms. The average molecular weight is 1010 g/mol. The first-order valence-electron chi connectivity index (χ1n) is 22.6. The van der Waals surface area contributed by atoms with Crippen molar-refractivity contribution in [3.8, 4) is 45.6 Å². The summed E-state index contributed by atoms with van der Waals surface area (Å²) in [5.41, 5.74) is 3.01. The van der Waals surface area contributed by atoms with Crippen molar-refractivity contribution >= 4 is 74.2 Å². The third-order valence-electron chi connectivity index (χ3n) is 11.8. The monoisotopic (exact) mass is 1010 g/mol. The van der Waals surface area contributed by atoms with Gasteiger partial charge in [0.05, 0.1) is 14.7 Å². The molecule has 23 heteroatoms. The maximum absolute atomic E-state index is 13.8. The molecule has 0 radical (unpaired) electrons. The van der Waals surface area contributed by atoms with E-state index in [0.29, 0.717) is 99.6 Å². The molecule has 366 valence electrons. The Hall–Kier alpha value is -6.15. The molecule has 5 N–H and O–H groups in total. The van der Waals surface area contributed by atoms with E-state index in [1.54, 1.807) is 18.2 Å². The number of rotatable bonds is 18. The second-order valence-corrected chi connectivity index (χ2v) is 23.2. The van der Waals surface area contributed by atoms with Crippen molar-refractivity contribution in [2.75, 3.05) is 81.6 Å². The van der Waals surface area contributed by atoms with Crippen molar-refractivity contribution in [2.45, 2.75) is 33.9 Å². The number of hydrogen-bond donors (Lipinski definition) is 5. The largest absolute Gasteiger partial charge is 0.324 e. The minimum absolute atomic E-state index is 0.00864. The molecule has 0 aliphatic carbocycles. The van der Waals surface area contributed by atoms with Gasteiger partial charge in [-0.15, -0.1) is 0 Å². The van der Waals surface area contributed by atoms with Crippen LogP contribution in [0.3, 0.4) is 0 Å². The molecule has 7 aromatic rings. The average Bonchev–Trinajstić information content (AvgIpc) is 4.05. The van der Waals surface area contributed by atoms with E-state index in [1.165, 1.54) is 36.4 Å². The third kappa shape index (κ3) is 10.2. The minimum atomic E-state index is -4.00. The highest BCUT2D eigenvalue weighted by Crippen LogP contribution is 2.40. The molecule has 20 nitrogen and oxygen atoms in total. The second-order valence-electron chi connectivity index (χ2n) is 17.9. The second kappa shape index (κ2) is 19.6. The molecule has 0 saturated carbocycles. The van der Waals surface area contributed by atoms with Gasteiger partial charge in [-0.05, 0) is 136 Å². The molecule has 0 amide bonds. The van der Waals surface area contributed by atoms with Gasteiger partial charge in [-0.2, -0.15) is 0 Å². The molecule has 0 spiro atoms. The number of H-pyrrole nitrogens is 2. The summed E-state index contributed by atoms with van der Waals surface area (Å²) >= 11 is 0. The quantitative estimate of drug-likeness (QED) is 0.0739. The fourth-order valence-corrected chi connectivity index (χ4v) is 11.5. The van der Waals surface area contributed by atoms with E-state index < -0.39 is 30.1 Å². The number of benzene rings is 4. The van der Waals surface area contributed by atoms with Crippen LogP contribution in [0.15, 0.2) is 93.5 Å². The molecule has 0 atom stereocenters. The summed E-state index contributed by atoms with van der Waals surface area (Å²) in [5.74, 6) is 0.530. The zero-order chi connectivity index (χ0) is 49.5. The standard InChI is InChI=1S/C47H54N14O6S3/c1-59(2)23-9-20-48-68(62,63)29-14-17-34-37(26-29)46-54-42(34)52-40-32-12-7-8-13-33(32)41(51-40)53-45-38-27-30(69(64,65)49-21-10-24-60(3)4)15-18-35(38)43(55-45)57-47-39-28-31(16-19-36(39)44(56-46)58-47)70(66,67)50-22-11-25-61(5)6/h7-8,12-19,26-28,48-50H,9-11,20-25H2,1-6H3,(H2,51,52,53,54,55,56,57,58). The summed E-state index contributed by atoms with van der Waals surface area (Å²) in [6, 6.07) is 21.4. The van der Waals surface area contributed by atoms with E-state index in [2.05, 4.69) is 24.1 Å².